The van der Waals surface area contributed by atoms with E-state index in [0.29, 0.717) is 5.56 Å². The molecule has 1 rings (SSSR count). The van der Waals surface area contributed by atoms with Crippen molar-refractivity contribution < 1.29 is 4.79 Å². The normalized spacial score (nSPS) is 11.5. The fourth-order valence-corrected chi connectivity index (χ4v) is 1.98. The molecule has 1 amide bonds. The molecule has 2 heteroatoms. The van der Waals surface area contributed by atoms with E-state index in [1.165, 1.54) is 18.4 Å². The lowest BCUT2D eigenvalue weighted by Gasteiger charge is -2.10. The lowest BCUT2D eigenvalue weighted by molar-refractivity contribution is 0.1000. The van der Waals surface area contributed by atoms with Crippen LogP contribution >= 0.6 is 0 Å². The van der Waals surface area contributed by atoms with Crippen LogP contribution in [0.3, 0.4) is 0 Å². The quantitative estimate of drug-likeness (QED) is 0.744. The smallest absolute Gasteiger partial charge is 0.249 e. The van der Waals surface area contributed by atoms with E-state index >= 15 is 0 Å². The van der Waals surface area contributed by atoms with Gasteiger partial charge in [-0.2, -0.15) is 0 Å². The van der Waals surface area contributed by atoms with E-state index in [4.69, 9.17) is 5.73 Å². The second kappa shape index (κ2) is 6.89. The minimum atomic E-state index is -0.351. The summed E-state index contributed by atoms with van der Waals surface area (Å²) >= 11 is 0. The lowest BCUT2D eigenvalue weighted by Crippen LogP contribution is -2.13. The maximum Gasteiger partial charge on any atom is 0.249 e. The summed E-state index contributed by atoms with van der Waals surface area (Å²) in [5.74, 6) is -0.351. The average molecular weight is 231 g/mol. The van der Waals surface area contributed by atoms with Crippen molar-refractivity contribution in [1.29, 1.82) is 0 Å². The summed E-state index contributed by atoms with van der Waals surface area (Å²) in [6.07, 6.45) is 6.67. The van der Waals surface area contributed by atoms with Crippen LogP contribution in [0.15, 0.2) is 30.3 Å². The van der Waals surface area contributed by atoms with Crippen molar-refractivity contribution >= 4 is 11.5 Å². The Morgan fingerprint density at radius 3 is 2.41 bits per heavy atom. The number of primary amides is 1. The zero-order valence-electron chi connectivity index (χ0n) is 10.7. The van der Waals surface area contributed by atoms with Crippen molar-refractivity contribution in [2.45, 2.75) is 39.5 Å². The van der Waals surface area contributed by atoms with E-state index in [-0.39, 0.29) is 5.91 Å². The number of benzene rings is 1. The van der Waals surface area contributed by atoms with Crippen LogP contribution < -0.4 is 5.73 Å². The van der Waals surface area contributed by atoms with Gasteiger partial charge in [0, 0.05) is 5.56 Å². The van der Waals surface area contributed by atoms with Gasteiger partial charge in [0.1, 0.15) is 0 Å². The summed E-state index contributed by atoms with van der Waals surface area (Å²) in [6, 6.07) is 7.57. The first-order valence-electron chi connectivity index (χ1n) is 6.25. The van der Waals surface area contributed by atoms with Crippen molar-refractivity contribution in [3.63, 3.8) is 0 Å². The molecule has 1 aromatic rings. The van der Waals surface area contributed by atoms with Gasteiger partial charge in [-0.1, -0.05) is 44.0 Å². The Balaban J connectivity index is 2.92. The first kappa shape index (κ1) is 13.5. The molecule has 0 saturated carbocycles. The van der Waals surface area contributed by atoms with Gasteiger partial charge in [0.05, 0.1) is 0 Å². The largest absolute Gasteiger partial charge is 0.366 e. The summed E-state index contributed by atoms with van der Waals surface area (Å²) in [4.78, 5) is 11.4. The summed E-state index contributed by atoms with van der Waals surface area (Å²) in [5, 5.41) is 0. The van der Waals surface area contributed by atoms with E-state index in [1.807, 2.05) is 25.1 Å². The molecule has 0 unspecified atom stereocenters. The summed E-state index contributed by atoms with van der Waals surface area (Å²) in [5.41, 5.74) is 8.22. The zero-order chi connectivity index (χ0) is 12.7. The number of nitrogens with two attached hydrogens (primary N) is 1. The molecule has 0 spiro atoms. The predicted molar refractivity (Wildman–Crippen MR) is 72.8 cm³/mol. The Kier molecular flexibility index (Phi) is 5.47. The highest BCUT2D eigenvalue weighted by atomic mass is 16.1. The summed E-state index contributed by atoms with van der Waals surface area (Å²) in [7, 11) is 0. The number of rotatable bonds is 6. The highest BCUT2D eigenvalue weighted by Gasteiger charge is 2.10. The molecule has 0 aromatic heterocycles. The van der Waals surface area contributed by atoms with E-state index < -0.39 is 0 Å². The third-order valence-electron chi connectivity index (χ3n) is 2.94. The fourth-order valence-electron chi connectivity index (χ4n) is 1.98. The zero-order valence-corrected chi connectivity index (χ0v) is 10.7. The minimum Gasteiger partial charge on any atom is -0.366 e. The molecular weight excluding hydrogens is 210 g/mol. The van der Waals surface area contributed by atoms with E-state index in [0.717, 1.165) is 18.4 Å². The molecule has 2 nitrogen and oxygen atoms in total. The molecule has 0 aliphatic heterocycles. The fraction of sp³-hybridized carbons (Fsp3) is 0.400. The monoisotopic (exact) mass is 231 g/mol. The Morgan fingerprint density at radius 1 is 1.24 bits per heavy atom. The van der Waals surface area contributed by atoms with Crippen molar-refractivity contribution in [2.75, 3.05) is 0 Å². The van der Waals surface area contributed by atoms with Crippen LogP contribution in [0.1, 0.15) is 55.5 Å². The maximum atomic E-state index is 11.4. The van der Waals surface area contributed by atoms with Gasteiger partial charge in [0.2, 0.25) is 5.91 Å². The third-order valence-corrected chi connectivity index (χ3v) is 2.94. The molecule has 0 heterocycles. The molecule has 0 saturated heterocycles. The van der Waals surface area contributed by atoms with Crippen molar-refractivity contribution in [3.05, 3.63) is 41.5 Å². The van der Waals surface area contributed by atoms with Gasteiger partial charge < -0.3 is 5.73 Å². The average Bonchev–Trinajstić information content (AvgIpc) is 2.35. The minimum absolute atomic E-state index is 0.351. The molecule has 0 fully saturated rings. The van der Waals surface area contributed by atoms with Crippen LogP contribution in [0.5, 0.6) is 0 Å². The first-order valence-corrected chi connectivity index (χ1v) is 6.25. The van der Waals surface area contributed by atoms with Crippen LogP contribution in [0, 0.1) is 0 Å². The highest BCUT2D eigenvalue weighted by Crippen LogP contribution is 2.24. The number of carbonyl (C=O) groups is 1. The molecule has 92 valence electrons. The predicted octanol–water partition coefficient (Wildman–Crippen LogP) is 3.77. The topological polar surface area (TPSA) is 43.1 Å². The van der Waals surface area contributed by atoms with Gasteiger partial charge in [-0.25, -0.2) is 0 Å². The number of carbonyl (C=O) groups excluding carboxylic acids is 1. The van der Waals surface area contributed by atoms with Crippen LogP contribution in [0.25, 0.3) is 5.57 Å². The van der Waals surface area contributed by atoms with Gasteiger partial charge in [-0.15, -0.1) is 0 Å². The molecule has 2 N–H and O–H groups in total. The standard InChI is InChI=1S/C15H21NO/c1-3-5-6-9-12(4-2)13-10-7-8-11-14(13)15(16)17/h4,7-8,10-11H,3,5-6,9H2,1-2H3,(H2,16,17)/b12-4-. The van der Waals surface area contributed by atoms with Crippen LogP contribution in [0.2, 0.25) is 0 Å². The SMILES string of the molecule is C/C=C(/CCCCC)c1ccccc1C(N)=O. The van der Waals surface area contributed by atoms with Crippen molar-refractivity contribution in [1.82, 2.24) is 0 Å². The van der Waals surface area contributed by atoms with Crippen molar-refractivity contribution in [3.8, 4) is 0 Å². The molecule has 0 atom stereocenters. The highest BCUT2D eigenvalue weighted by molar-refractivity contribution is 5.98. The van der Waals surface area contributed by atoms with Crippen LogP contribution in [0.4, 0.5) is 0 Å². The lowest BCUT2D eigenvalue weighted by atomic mass is 9.95. The third kappa shape index (κ3) is 3.74. The summed E-state index contributed by atoms with van der Waals surface area (Å²) in [6.45, 7) is 4.20. The van der Waals surface area contributed by atoms with E-state index in [1.54, 1.807) is 6.07 Å². The number of hydrogen-bond acceptors (Lipinski definition) is 1. The van der Waals surface area contributed by atoms with E-state index in [2.05, 4.69) is 13.0 Å². The van der Waals surface area contributed by atoms with E-state index in [9.17, 15) is 4.79 Å². The molecule has 17 heavy (non-hydrogen) atoms. The number of hydrogen-bond donors (Lipinski definition) is 1. The maximum absolute atomic E-state index is 11.4. The second-order valence-corrected chi connectivity index (χ2v) is 4.18. The molecule has 0 bridgehead atoms. The van der Waals surface area contributed by atoms with Gasteiger partial charge in [-0.05, 0) is 37.0 Å². The molecule has 0 radical (unpaired) electrons. The first-order chi connectivity index (χ1) is 8.20. The Morgan fingerprint density at radius 2 is 1.88 bits per heavy atom. The summed E-state index contributed by atoms with van der Waals surface area (Å²) < 4.78 is 0. The van der Waals surface area contributed by atoms with Gasteiger partial charge in [-0.3, -0.25) is 4.79 Å². The Bertz CT molecular complexity index is 407. The van der Waals surface area contributed by atoms with Gasteiger partial charge in [0.15, 0.2) is 0 Å². The number of amides is 1. The molecule has 1 aromatic carbocycles. The molecule has 0 aliphatic carbocycles. The van der Waals surface area contributed by atoms with Crippen LogP contribution in [-0.4, -0.2) is 5.91 Å². The number of allylic oxidation sites excluding steroid dienone is 2. The molecular formula is C15H21NO. The Hall–Kier alpha value is -1.57. The molecule has 0 aliphatic rings. The van der Waals surface area contributed by atoms with Gasteiger partial charge >= 0.3 is 0 Å². The van der Waals surface area contributed by atoms with Crippen LogP contribution in [-0.2, 0) is 0 Å². The van der Waals surface area contributed by atoms with Gasteiger partial charge in [0.25, 0.3) is 0 Å². The van der Waals surface area contributed by atoms with Crippen molar-refractivity contribution in [2.24, 2.45) is 5.73 Å². The Labute approximate surface area is 104 Å². The second-order valence-electron chi connectivity index (χ2n) is 4.18. The number of unbranched alkanes of at least 4 members (excludes halogenated alkanes) is 2.